The van der Waals surface area contributed by atoms with E-state index in [0.717, 1.165) is 16.7 Å². The monoisotopic (exact) mass is 950 g/mol. The molecular formula is C48H54O15Se. The number of rotatable bonds is 20. The van der Waals surface area contributed by atoms with E-state index < -0.39 is 97.7 Å². The predicted molar refractivity (Wildman–Crippen MR) is 230 cm³/mol. The van der Waals surface area contributed by atoms with Gasteiger partial charge in [0.25, 0.3) is 0 Å². The van der Waals surface area contributed by atoms with E-state index >= 15 is 0 Å². The first-order valence-corrected chi connectivity index (χ1v) is 22.8. The summed E-state index contributed by atoms with van der Waals surface area (Å²) >= 11 is -0.851. The zero-order valence-electron chi connectivity index (χ0n) is 36.3. The average molecular weight is 950 g/mol. The van der Waals surface area contributed by atoms with Gasteiger partial charge in [-0.1, -0.05) is 0 Å². The Morgan fingerprint density at radius 1 is 0.516 bits per heavy atom. The normalized spacial score (nSPS) is 25.3. The number of hydrogen-bond donors (Lipinski definition) is 0. The summed E-state index contributed by atoms with van der Waals surface area (Å²) in [5.74, 6) is -1.67. The van der Waals surface area contributed by atoms with Gasteiger partial charge >= 0.3 is 380 Å². The molecule has 0 saturated carbocycles. The zero-order chi connectivity index (χ0) is 45.4. The Labute approximate surface area is 379 Å². The number of carbonyl (C=O) groups is 4. The van der Waals surface area contributed by atoms with Crippen LogP contribution in [0.4, 0.5) is 0 Å². The Kier molecular flexibility index (Phi) is 18.1. The molecule has 0 N–H and O–H groups in total. The summed E-state index contributed by atoms with van der Waals surface area (Å²) in [6, 6.07) is 36.1. The van der Waals surface area contributed by atoms with Gasteiger partial charge in [0.05, 0.1) is 0 Å². The van der Waals surface area contributed by atoms with Crippen LogP contribution in [0.15, 0.2) is 115 Å². The van der Waals surface area contributed by atoms with Crippen molar-refractivity contribution in [2.24, 2.45) is 0 Å². The van der Waals surface area contributed by atoms with Gasteiger partial charge in [0.1, 0.15) is 0 Å². The molecular weight excluding hydrogens is 895 g/mol. The number of carbonyl (C=O) groups excluding carboxylic acids is 4. The molecule has 6 rings (SSSR count). The molecule has 2 fully saturated rings. The van der Waals surface area contributed by atoms with E-state index in [-0.39, 0.29) is 33.0 Å². The second kappa shape index (κ2) is 24.1. The molecule has 342 valence electrons. The van der Waals surface area contributed by atoms with Crippen LogP contribution in [0.25, 0.3) is 0 Å². The fourth-order valence-electron chi connectivity index (χ4n) is 7.28. The fraction of sp³-hybridized carbons (Fsp3) is 0.417. The molecule has 64 heavy (non-hydrogen) atoms. The molecule has 2 aliphatic heterocycles. The van der Waals surface area contributed by atoms with Gasteiger partial charge in [-0.2, -0.15) is 0 Å². The van der Waals surface area contributed by atoms with Crippen LogP contribution in [0, 0.1) is 0 Å². The van der Waals surface area contributed by atoms with Crippen molar-refractivity contribution in [3.05, 3.63) is 132 Å². The van der Waals surface area contributed by atoms with Crippen molar-refractivity contribution in [1.82, 2.24) is 0 Å². The maximum atomic E-state index is 12.9. The molecule has 0 unspecified atom stereocenters. The Hall–Kier alpha value is -5.32. The third-order valence-electron chi connectivity index (χ3n) is 10.1. The molecule has 0 amide bonds. The summed E-state index contributed by atoms with van der Waals surface area (Å²) in [7, 11) is 1.58. The molecule has 0 radical (unpaired) electrons. The summed E-state index contributed by atoms with van der Waals surface area (Å²) in [6.45, 7) is 5.06. The van der Waals surface area contributed by atoms with Gasteiger partial charge in [0.15, 0.2) is 0 Å². The van der Waals surface area contributed by atoms with Crippen molar-refractivity contribution < 1.29 is 71.3 Å². The minimum atomic E-state index is -1.36. The second-order valence-electron chi connectivity index (χ2n) is 15.0. The van der Waals surface area contributed by atoms with Crippen LogP contribution in [0.3, 0.4) is 0 Å². The number of ether oxygens (including phenoxy) is 11. The minimum absolute atomic E-state index is 0.0473. The Morgan fingerprint density at radius 3 is 1.55 bits per heavy atom. The first-order chi connectivity index (χ1) is 31.0. The standard InChI is InChI=1S/C48H54O15Se/c1-30(49)55-29-39-41(58-31(2)50)42(59-32(3)51)45(60-33(4)52)48(63-39)64-46-40(28-54-25-34-15-9-6-10-16-34)62-47(61-38-23-21-37(53-5)22-24-38)44(57-27-36-19-13-8-14-20-36)43(46)56-26-35-17-11-7-12-18-35/h6-24,39-48H,25-29H2,1-5H3/t39-,40-,41-,42+,43-,44-,45-,46-,47-,48+/m1/s1. The van der Waals surface area contributed by atoms with E-state index in [1.807, 2.05) is 91.0 Å². The Balaban J connectivity index is 1.45. The van der Waals surface area contributed by atoms with Gasteiger partial charge in [-0.25, -0.2) is 0 Å². The van der Waals surface area contributed by atoms with Crippen molar-refractivity contribution in [1.29, 1.82) is 0 Å². The summed E-state index contributed by atoms with van der Waals surface area (Å²) in [6.07, 6.45) is -8.64. The van der Waals surface area contributed by atoms with E-state index in [2.05, 4.69) is 0 Å². The number of methoxy groups -OCH3 is 1. The quantitative estimate of drug-likeness (QED) is 0.0595. The predicted octanol–water partition coefficient (Wildman–Crippen LogP) is 5.76. The van der Waals surface area contributed by atoms with Crippen LogP contribution in [0.1, 0.15) is 44.4 Å². The van der Waals surface area contributed by atoms with E-state index in [4.69, 9.17) is 52.1 Å². The topological polar surface area (TPSA) is 170 Å². The molecule has 0 aromatic heterocycles. The van der Waals surface area contributed by atoms with Crippen molar-refractivity contribution >= 4 is 38.8 Å². The molecule has 15 nitrogen and oxygen atoms in total. The van der Waals surface area contributed by atoms with Crippen LogP contribution >= 0.6 is 0 Å². The van der Waals surface area contributed by atoms with Crippen molar-refractivity contribution in [3.63, 3.8) is 0 Å². The molecule has 4 aromatic rings. The van der Waals surface area contributed by atoms with Crippen molar-refractivity contribution in [2.75, 3.05) is 20.3 Å². The van der Waals surface area contributed by atoms with Crippen LogP contribution < -0.4 is 9.47 Å². The Bertz CT molecular complexity index is 2070. The zero-order valence-corrected chi connectivity index (χ0v) is 38.0. The molecule has 0 aliphatic carbocycles. The van der Waals surface area contributed by atoms with Gasteiger partial charge in [-0.3, -0.25) is 0 Å². The van der Waals surface area contributed by atoms with E-state index in [1.165, 1.54) is 27.7 Å². The van der Waals surface area contributed by atoms with Gasteiger partial charge < -0.3 is 0 Å². The summed E-state index contributed by atoms with van der Waals surface area (Å²) in [5, 5.41) is -1.03. The molecule has 4 aromatic carbocycles. The summed E-state index contributed by atoms with van der Waals surface area (Å²) in [5.41, 5.74) is 2.72. The van der Waals surface area contributed by atoms with Crippen LogP contribution in [-0.2, 0) is 81.6 Å². The van der Waals surface area contributed by atoms with Crippen LogP contribution in [0.2, 0.25) is 4.82 Å². The van der Waals surface area contributed by atoms with Crippen LogP contribution in [0.5, 0.6) is 11.5 Å². The number of benzene rings is 4. The molecule has 0 bridgehead atoms. The van der Waals surface area contributed by atoms with E-state index in [9.17, 15) is 19.2 Å². The molecule has 0 spiro atoms. The van der Waals surface area contributed by atoms with Crippen molar-refractivity contribution in [2.45, 2.75) is 106 Å². The van der Waals surface area contributed by atoms with Gasteiger partial charge in [-0.15, -0.1) is 0 Å². The molecule has 2 heterocycles. The molecule has 10 atom stereocenters. The maximum absolute atomic E-state index is 12.9. The number of esters is 4. The molecule has 2 aliphatic rings. The van der Waals surface area contributed by atoms with E-state index in [1.54, 1.807) is 31.4 Å². The van der Waals surface area contributed by atoms with Gasteiger partial charge in [-0.05, 0) is 0 Å². The summed E-state index contributed by atoms with van der Waals surface area (Å²) in [4.78, 5) is 49.7. The second-order valence-corrected chi connectivity index (χ2v) is 17.7. The summed E-state index contributed by atoms with van der Waals surface area (Å²) < 4.78 is 68.7. The SMILES string of the molecule is COc1ccc(O[C@@H]2O[C@H](COCc3ccccc3)[C@@H]([Se][C@@H]3O[C@H](COC(C)=O)[C@@H](OC(C)=O)[C@H](OC(C)=O)[C@H]3OC(C)=O)[C@H](OCc3ccccc3)[C@H]2OCc2ccccc2)cc1. The third-order valence-corrected chi connectivity index (χ3v) is 13.3. The van der Waals surface area contributed by atoms with Crippen LogP contribution in [-0.4, -0.2) is 113 Å². The first kappa shape index (κ1) is 48.1. The molecule has 2 saturated heterocycles. The molecule has 16 heteroatoms. The van der Waals surface area contributed by atoms with Crippen molar-refractivity contribution in [3.8, 4) is 11.5 Å². The fourth-order valence-corrected chi connectivity index (χ4v) is 10.6. The van der Waals surface area contributed by atoms with Gasteiger partial charge in [0, 0.05) is 0 Å². The van der Waals surface area contributed by atoms with Gasteiger partial charge in [0.2, 0.25) is 0 Å². The Morgan fingerprint density at radius 2 is 1.02 bits per heavy atom. The average Bonchev–Trinajstić information content (AvgIpc) is 3.28. The number of hydrogen-bond acceptors (Lipinski definition) is 15. The first-order valence-electron chi connectivity index (χ1n) is 20.8. The third kappa shape index (κ3) is 14.1. The van der Waals surface area contributed by atoms with E-state index in [0.29, 0.717) is 11.5 Å².